The first kappa shape index (κ1) is 15.1. The summed E-state index contributed by atoms with van der Waals surface area (Å²) >= 11 is 1.67. The first-order valence-corrected chi connectivity index (χ1v) is 8.36. The van der Waals surface area contributed by atoms with E-state index in [1.54, 1.807) is 28.8 Å². The lowest BCUT2D eigenvalue weighted by atomic mass is 10.1. The summed E-state index contributed by atoms with van der Waals surface area (Å²) in [6, 6.07) is 9.12. The van der Waals surface area contributed by atoms with Gasteiger partial charge < -0.3 is 15.1 Å². The van der Waals surface area contributed by atoms with Crippen molar-refractivity contribution in [3.63, 3.8) is 0 Å². The summed E-state index contributed by atoms with van der Waals surface area (Å²) in [5.41, 5.74) is 1.32. The van der Waals surface area contributed by atoms with E-state index in [0.717, 1.165) is 16.8 Å². The van der Waals surface area contributed by atoms with Crippen molar-refractivity contribution < 1.29 is 15.0 Å². The zero-order valence-electron chi connectivity index (χ0n) is 12.1. The summed E-state index contributed by atoms with van der Waals surface area (Å²) in [7, 11) is 0. The van der Waals surface area contributed by atoms with Crippen molar-refractivity contribution in [3.8, 4) is 5.75 Å². The number of phenolic OH excluding ortho intramolecular Hbond substituents is 1. The van der Waals surface area contributed by atoms with Crippen LogP contribution in [-0.2, 0) is 4.79 Å². The van der Waals surface area contributed by atoms with Gasteiger partial charge in [0.15, 0.2) is 0 Å². The molecule has 0 spiro atoms. The smallest absolute Gasteiger partial charge is 0.224 e. The van der Waals surface area contributed by atoms with Crippen molar-refractivity contribution in [3.05, 3.63) is 36.0 Å². The number of hydrogen-bond donors (Lipinski definition) is 2. The molecule has 1 fully saturated rings. The maximum Gasteiger partial charge on any atom is 0.224 e. The fraction of sp³-hybridized carbons (Fsp3) is 0.375. The second kappa shape index (κ2) is 6.54. The average Bonchev–Trinajstić information content (AvgIpc) is 2.54. The predicted octanol–water partition coefficient (Wildman–Crippen LogP) is 2.29. The molecule has 0 aliphatic carbocycles. The Kier molecular flexibility index (Phi) is 4.49. The number of rotatable bonds is 4. The van der Waals surface area contributed by atoms with Gasteiger partial charge in [0.25, 0.3) is 0 Å². The molecule has 1 aliphatic heterocycles. The van der Waals surface area contributed by atoms with Crippen LogP contribution >= 0.6 is 11.8 Å². The van der Waals surface area contributed by atoms with E-state index < -0.39 is 0 Å². The van der Waals surface area contributed by atoms with Gasteiger partial charge in [-0.3, -0.25) is 4.79 Å². The SMILES string of the molecule is O=C1CCSC(c2ccc3cccc(O)c3n2)N1CCCO. The Morgan fingerprint density at radius 3 is 3.00 bits per heavy atom. The average molecular weight is 318 g/mol. The summed E-state index contributed by atoms with van der Waals surface area (Å²) in [6.45, 7) is 0.584. The third-order valence-electron chi connectivity index (χ3n) is 3.73. The Balaban J connectivity index is 1.96. The van der Waals surface area contributed by atoms with Crippen LogP contribution in [0.5, 0.6) is 5.75 Å². The highest BCUT2D eigenvalue weighted by Crippen LogP contribution is 2.37. The Hall–Kier alpha value is -1.79. The van der Waals surface area contributed by atoms with Crippen LogP contribution < -0.4 is 0 Å². The number of nitrogens with zero attached hydrogens (tertiary/aromatic N) is 2. The van der Waals surface area contributed by atoms with E-state index in [1.165, 1.54) is 0 Å². The monoisotopic (exact) mass is 318 g/mol. The van der Waals surface area contributed by atoms with Crippen LogP contribution in [0.25, 0.3) is 10.9 Å². The van der Waals surface area contributed by atoms with Gasteiger partial charge in [-0.1, -0.05) is 18.2 Å². The minimum atomic E-state index is -0.156. The minimum Gasteiger partial charge on any atom is -0.506 e. The molecule has 1 aromatic heterocycles. The van der Waals surface area contributed by atoms with Crippen LogP contribution in [0.1, 0.15) is 23.9 Å². The van der Waals surface area contributed by atoms with E-state index in [9.17, 15) is 9.90 Å². The Labute approximate surface area is 133 Å². The third-order valence-corrected chi connectivity index (χ3v) is 4.98. The van der Waals surface area contributed by atoms with Gasteiger partial charge in [-0.15, -0.1) is 11.8 Å². The van der Waals surface area contributed by atoms with Crippen molar-refractivity contribution in [2.75, 3.05) is 18.9 Å². The first-order valence-electron chi connectivity index (χ1n) is 7.31. The van der Waals surface area contributed by atoms with E-state index in [1.807, 2.05) is 18.2 Å². The standard InChI is InChI=1S/C16H18N2O3S/c19-9-2-8-18-14(21)7-10-22-16(18)12-6-5-11-3-1-4-13(20)15(11)17-12/h1,3-6,16,19-20H,2,7-10H2. The Morgan fingerprint density at radius 1 is 1.32 bits per heavy atom. The van der Waals surface area contributed by atoms with E-state index in [4.69, 9.17) is 5.11 Å². The maximum absolute atomic E-state index is 12.2. The van der Waals surface area contributed by atoms with Crippen LogP contribution in [0.2, 0.25) is 0 Å². The highest BCUT2D eigenvalue weighted by atomic mass is 32.2. The van der Waals surface area contributed by atoms with Crippen LogP contribution in [0.3, 0.4) is 0 Å². The number of aliphatic hydroxyl groups is 1. The number of aromatic hydroxyl groups is 1. The molecule has 22 heavy (non-hydrogen) atoms. The van der Waals surface area contributed by atoms with Gasteiger partial charge in [-0.2, -0.15) is 0 Å². The number of pyridine rings is 1. The topological polar surface area (TPSA) is 73.7 Å². The molecule has 1 atom stereocenters. The predicted molar refractivity (Wildman–Crippen MR) is 86.6 cm³/mol. The molecule has 5 nitrogen and oxygen atoms in total. The quantitative estimate of drug-likeness (QED) is 0.905. The molecule has 2 N–H and O–H groups in total. The number of para-hydroxylation sites is 1. The van der Waals surface area contributed by atoms with Gasteiger partial charge in [0.2, 0.25) is 5.91 Å². The minimum absolute atomic E-state index is 0.0626. The van der Waals surface area contributed by atoms with Crippen LogP contribution in [0, 0.1) is 0 Å². The normalized spacial score (nSPS) is 18.9. The molecular weight excluding hydrogens is 300 g/mol. The van der Waals surface area contributed by atoms with Gasteiger partial charge in [0.05, 0.1) is 5.69 Å². The van der Waals surface area contributed by atoms with Gasteiger partial charge in [-0.05, 0) is 18.6 Å². The molecule has 2 aromatic rings. The van der Waals surface area contributed by atoms with E-state index in [2.05, 4.69) is 4.98 Å². The number of thioether (sulfide) groups is 1. The van der Waals surface area contributed by atoms with Crippen molar-refractivity contribution >= 4 is 28.6 Å². The van der Waals surface area contributed by atoms with Crippen LogP contribution in [0.15, 0.2) is 30.3 Å². The molecule has 1 unspecified atom stereocenters. The number of fused-ring (bicyclic) bond motifs is 1. The maximum atomic E-state index is 12.2. The molecule has 0 saturated carbocycles. The van der Waals surface area contributed by atoms with Gasteiger partial charge >= 0.3 is 0 Å². The number of amides is 1. The molecule has 116 valence electrons. The van der Waals surface area contributed by atoms with Crippen molar-refractivity contribution in [1.82, 2.24) is 9.88 Å². The third kappa shape index (κ3) is 2.89. The lowest BCUT2D eigenvalue weighted by Gasteiger charge is -2.34. The van der Waals surface area contributed by atoms with Crippen molar-refractivity contribution in [2.24, 2.45) is 0 Å². The molecule has 2 heterocycles. The molecule has 3 rings (SSSR count). The van der Waals surface area contributed by atoms with Gasteiger partial charge in [0.1, 0.15) is 16.6 Å². The number of benzene rings is 1. The molecule has 1 aromatic carbocycles. The largest absolute Gasteiger partial charge is 0.506 e. The molecule has 1 aliphatic rings. The number of carbonyl (C=O) groups is 1. The number of phenols is 1. The lowest BCUT2D eigenvalue weighted by molar-refractivity contribution is -0.132. The summed E-state index contributed by atoms with van der Waals surface area (Å²) in [4.78, 5) is 18.5. The summed E-state index contributed by atoms with van der Waals surface area (Å²) in [5.74, 6) is 1.00. The Bertz CT molecular complexity index is 692. The van der Waals surface area contributed by atoms with Gasteiger partial charge in [-0.25, -0.2) is 4.98 Å². The first-order chi connectivity index (χ1) is 10.7. The Morgan fingerprint density at radius 2 is 2.18 bits per heavy atom. The van der Waals surface area contributed by atoms with E-state index in [0.29, 0.717) is 24.9 Å². The highest BCUT2D eigenvalue weighted by molar-refractivity contribution is 7.99. The molecular formula is C16H18N2O3S. The number of hydrogen-bond acceptors (Lipinski definition) is 5. The fourth-order valence-corrected chi connectivity index (χ4v) is 3.86. The lowest BCUT2D eigenvalue weighted by Crippen LogP contribution is -2.38. The molecule has 0 radical (unpaired) electrons. The second-order valence-corrected chi connectivity index (χ2v) is 6.41. The molecule has 6 heteroatoms. The van der Waals surface area contributed by atoms with Crippen LogP contribution in [0.4, 0.5) is 0 Å². The number of carbonyl (C=O) groups excluding carboxylic acids is 1. The van der Waals surface area contributed by atoms with Crippen molar-refractivity contribution in [2.45, 2.75) is 18.2 Å². The summed E-state index contributed by atoms with van der Waals surface area (Å²) in [6.07, 6.45) is 1.08. The van der Waals surface area contributed by atoms with Gasteiger partial charge in [0, 0.05) is 30.7 Å². The number of aromatic nitrogens is 1. The molecule has 0 bridgehead atoms. The molecule has 1 saturated heterocycles. The second-order valence-electron chi connectivity index (χ2n) is 5.22. The fourth-order valence-electron chi connectivity index (χ4n) is 2.63. The summed E-state index contributed by atoms with van der Waals surface area (Å²) < 4.78 is 0. The number of aliphatic hydroxyl groups excluding tert-OH is 1. The highest BCUT2D eigenvalue weighted by Gasteiger charge is 2.30. The zero-order valence-corrected chi connectivity index (χ0v) is 12.9. The zero-order chi connectivity index (χ0) is 15.5. The summed E-state index contributed by atoms with van der Waals surface area (Å²) in [5, 5.41) is 19.7. The molecule has 1 amide bonds. The van der Waals surface area contributed by atoms with Crippen molar-refractivity contribution in [1.29, 1.82) is 0 Å². The van der Waals surface area contributed by atoms with E-state index >= 15 is 0 Å². The van der Waals surface area contributed by atoms with E-state index in [-0.39, 0.29) is 23.6 Å². The van der Waals surface area contributed by atoms with Crippen LogP contribution in [-0.4, -0.2) is 44.9 Å².